The van der Waals surface area contributed by atoms with Crippen LogP contribution in [0.15, 0.2) is 78.9 Å². The molecule has 0 spiro atoms. The van der Waals surface area contributed by atoms with Crippen molar-refractivity contribution in [3.8, 4) is 5.75 Å². The monoisotopic (exact) mass is 380 g/mol. The molecule has 0 bridgehead atoms. The molecule has 0 unspecified atom stereocenters. The molecule has 4 aromatic rings. The summed E-state index contributed by atoms with van der Waals surface area (Å²) in [6.07, 6.45) is 6.46. The molecule has 144 valence electrons. The summed E-state index contributed by atoms with van der Waals surface area (Å²) in [6, 6.07) is 26.1. The Hall–Kier alpha value is -3.13. The van der Waals surface area contributed by atoms with Crippen molar-refractivity contribution in [2.45, 2.75) is 32.1 Å². The summed E-state index contributed by atoms with van der Waals surface area (Å²) in [5.74, 6) is 1.10. The topological polar surface area (TPSA) is 26.3 Å². The molecule has 0 amide bonds. The van der Waals surface area contributed by atoms with E-state index in [0.717, 1.165) is 28.5 Å². The number of hydrogen-bond donors (Lipinski definition) is 0. The van der Waals surface area contributed by atoms with Gasteiger partial charge in [0.05, 0.1) is 5.56 Å². The number of rotatable bonds is 4. The third-order valence-corrected chi connectivity index (χ3v) is 6.17. The van der Waals surface area contributed by atoms with Crippen LogP contribution in [0.5, 0.6) is 5.75 Å². The van der Waals surface area contributed by atoms with E-state index in [1.165, 1.54) is 36.6 Å². The van der Waals surface area contributed by atoms with Crippen molar-refractivity contribution in [3.05, 3.63) is 90.0 Å². The van der Waals surface area contributed by atoms with E-state index in [1.807, 2.05) is 54.6 Å². The van der Waals surface area contributed by atoms with Crippen LogP contribution in [-0.4, -0.2) is 5.97 Å². The summed E-state index contributed by atoms with van der Waals surface area (Å²) in [4.78, 5) is 13.0. The Morgan fingerprint density at radius 3 is 2.28 bits per heavy atom. The van der Waals surface area contributed by atoms with Gasteiger partial charge in [0.2, 0.25) is 0 Å². The van der Waals surface area contributed by atoms with E-state index in [4.69, 9.17) is 4.74 Å². The van der Waals surface area contributed by atoms with Gasteiger partial charge in [-0.3, -0.25) is 0 Å². The average molecular weight is 380 g/mol. The Morgan fingerprint density at radius 1 is 0.759 bits per heavy atom. The Labute approximate surface area is 171 Å². The summed E-state index contributed by atoms with van der Waals surface area (Å²) in [5, 5.41) is 4.17. The van der Waals surface area contributed by atoms with Crippen molar-refractivity contribution in [2.75, 3.05) is 0 Å². The van der Waals surface area contributed by atoms with Crippen LogP contribution in [0.2, 0.25) is 0 Å². The van der Waals surface area contributed by atoms with Crippen LogP contribution in [0.3, 0.4) is 0 Å². The molecule has 1 aliphatic rings. The molecule has 4 aromatic carbocycles. The number of hydrogen-bond acceptors (Lipinski definition) is 2. The molecule has 0 aromatic heterocycles. The second-order valence-electron chi connectivity index (χ2n) is 8.04. The fourth-order valence-electron chi connectivity index (χ4n) is 4.68. The van der Waals surface area contributed by atoms with E-state index in [-0.39, 0.29) is 5.97 Å². The fourth-order valence-corrected chi connectivity index (χ4v) is 4.68. The van der Waals surface area contributed by atoms with Gasteiger partial charge in [0.15, 0.2) is 0 Å². The molecule has 0 heterocycles. The van der Waals surface area contributed by atoms with Gasteiger partial charge in [-0.2, -0.15) is 0 Å². The first kappa shape index (κ1) is 17.9. The first-order valence-corrected chi connectivity index (χ1v) is 10.5. The van der Waals surface area contributed by atoms with Crippen molar-refractivity contribution in [1.82, 2.24) is 0 Å². The van der Waals surface area contributed by atoms with E-state index < -0.39 is 0 Å². The van der Waals surface area contributed by atoms with Crippen LogP contribution in [-0.2, 0) is 6.42 Å². The molecular weight excluding hydrogens is 356 g/mol. The molecule has 5 rings (SSSR count). The van der Waals surface area contributed by atoms with Gasteiger partial charge < -0.3 is 4.74 Å². The maximum absolute atomic E-state index is 13.0. The highest BCUT2D eigenvalue weighted by atomic mass is 16.5. The molecule has 0 radical (unpaired) electrons. The second-order valence-corrected chi connectivity index (χ2v) is 8.04. The Balaban J connectivity index is 1.49. The average Bonchev–Trinajstić information content (AvgIpc) is 3.28. The minimum absolute atomic E-state index is 0.310. The molecule has 0 N–H and O–H groups in total. The largest absolute Gasteiger partial charge is 0.422 e. The van der Waals surface area contributed by atoms with Crippen molar-refractivity contribution in [3.63, 3.8) is 0 Å². The Bertz CT molecular complexity index is 1180. The van der Waals surface area contributed by atoms with E-state index in [0.29, 0.717) is 11.3 Å². The van der Waals surface area contributed by atoms with Gasteiger partial charge >= 0.3 is 5.97 Å². The lowest BCUT2D eigenvalue weighted by molar-refractivity contribution is 0.0739. The summed E-state index contributed by atoms with van der Waals surface area (Å²) >= 11 is 0. The lowest BCUT2D eigenvalue weighted by Crippen LogP contribution is -2.09. The fraction of sp³-hybridized carbons (Fsp3) is 0.222. The zero-order valence-electron chi connectivity index (χ0n) is 16.4. The quantitative estimate of drug-likeness (QED) is 0.283. The highest BCUT2D eigenvalue weighted by Gasteiger charge is 2.19. The van der Waals surface area contributed by atoms with Gasteiger partial charge in [-0.05, 0) is 46.2 Å². The van der Waals surface area contributed by atoms with E-state index in [9.17, 15) is 4.79 Å². The van der Waals surface area contributed by atoms with Gasteiger partial charge in [-0.1, -0.05) is 92.4 Å². The number of esters is 1. The lowest BCUT2D eigenvalue weighted by Gasteiger charge is -2.15. The summed E-state index contributed by atoms with van der Waals surface area (Å²) in [5.41, 5.74) is 1.96. The maximum Gasteiger partial charge on any atom is 0.344 e. The molecular formula is C27H24O2. The summed E-state index contributed by atoms with van der Waals surface area (Å²) in [6.45, 7) is 0. The van der Waals surface area contributed by atoms with Crippen LogP contribution in [0.25, 0.3) is 21.5 Å². The number of fused-ring (bicyclic) bond motifs is 2. The maximum atomic E-state index is 13.0. The van der Waals surface area contributed by atoms with E-state index >= 15 is 0 Å². The molecule has 1 saturated carbocycles. The number of carbonyl (C=O) groups is 1. The number of carbonyl (C=O) groups excluding carboxylic acids is 1. The van der Waals surface area contributed by atoms with Gasteiger partial charge in [-0.25, -0.2) is 4.79 Å². The molecule has 29 heavy (non-hydrogen) atoms. The van der Waals surface area contributed by atoms with Gasteiger partial charge in [-0.15, -0.1) is 0 Å². The molecule has 0 aliphatic heterocycles. The molecule has 1 fully saturated rings. The molecule has 2 nitrogen and oxygen atoms in total. The predicted octanol–water partition coefficient (Wildman–Crippen LogP) is 6.94. The van der Waals surface area contributed by atoms with Crippen LogP contribution >= 0.6 is 0 Å². The van der Waals surface area contributed by atoms with Gasteiger partial charge in [0.25, 0.3) is 0 Å². The van der Waals surface area contributed by atoms with Crippen molar-refractivity contribution >= 4 is 27.5 Å². The van der Waals surface area contributed by atoms with E-state index in [1.54, 1.807) is 0 Å². The first-order chi connectivity index (χ1) is 14.3. The van der Waals surface area contributed by atoms with Crippen LogP contribution < -0.4 is 4.74 Å². The molecule has 1 aliphatic carbocycles. The minimum Gasteiger partial charge on any atom is -0.422 e. The summed E-state index contributed by atoms with van der Waals surface area (Å²) in [7, 11) is 0. The third-order valence-electron chi connectivity index (χ3n) is 6.17. The molecule has 0 atom stereocenters. The standard InChI is InChI=1S/C27H24O2/c28-27(25-15-7-11-20-10-3-4-12-22(20)25)29-26-17-16-21(18-19-8-1-2-9-19)23-13-5-6-14-24(23)26/h3-7,10-17,19H,1-2,8-9,18H2. The lowest BCUT2D eigenvalue weighted by atomic mass is 9.93. The Morgan fingerprint density at radius 2 is 1.45 bits per heavy atom. The molecule has 2 heteroatoms. The van der Waals surface area contributed by atoms with Gasteiger partial charge in [0, 0.05) is 5.39 Å². The van der Waals surface area contributed by atoms with Crippen LogP contribution in [0, 0.1) is 5.92 Å². The first-order valence-electron chi connectivity index (χ1n) is 10.5. The van der Waals surface area contributed by atoms with Crippen molar-refractivity contribution < 1.29 is 9.53 Å². The minimum atomic E-state index is -0.310. The summed E-state index contributed by atoms with van der Waals surface area (Å²) < 4.78 is 5.91. The predicted molar refractivity (Wildman–Crippen MR) is 119 cm³/mol. The van der Waals surface area contributed by atoms with Crippen molar-refractivity contribution in [2.24, 2.45) is 5.92 Å². The number of benzene rings is 4. The SMILES string of the molecule is O=C(Oc1ccc(CC2CCCC2)c2ccccc12)c1cccc2ccccc12. The van der Waals surface area contributed by atoms with Crippen LogP contribution in [0.4, 0.5) is 0 Å². The molecule has 0 saturated heterocycles. The second kappa shape index (κ2) is 7.71. The van der Waals surface area contributed by atoms with E-state index in [2.05, 4.69) is 24.3 Å². The third kappa shape index (κ3) is 3.51. The highest BCUT2D eigenvalue weighted by Crippen LogP contribution is 2.34. The normalized spacial score (nSPS) is 14.5. The van der Waals surface area contributed by atoms with Gasteiger partial charge in [0.1, 0.15) is 5.75 Å². The number of ether oxygens (including phenoxy) is 1. The Kier molecular flexibility index (Phi) is 4.77. The van der Waals surface area contributed by atoms with Crippen LogP contribution in [0.1, 0.15) is 41.6 Å². The zero-order chi connectivity index (χ0) is 19.6. The van der Waals surface area contributed by atoms with Crippen molar-refractivity contribution in [1.29, 1.82) is 0 Å². The zero-order valence-corrected chi connectivity index (χ0v) is 16.4. The highest BCUT2D eigenvalue weighted by molar-refractivity contribution is 6.06. The smallest absolute Gasteiger partial charge is 0.344 e.